The van der Waals surface area contributed by atoms with E-state index >= 15 is 0 Å². The number of benzene rings is 2. The highest BCUT2D eigenvalue weighted by atomic mass is 35.5. The Kier molecular flexibility index (Phi) is 4.57. The summed E-state index contributed by atoms with van der Waals surface area (Å²) in [6.07, 6.45) is 0.360. The molecule has 2 aromatic carbocycles. The summed E-state index contributed by atoms with van der Waals surface area (Å²) in [4.78, 5) is 17.6. The molecule has 0 fully saturated rings. The number of carbonyl (C=O) groups is 1. The fourth-order valence-electron chi connectivity index (χ4n) is 2.25. The molecule has 2 nitrogen and oxygen atoms in total. The van der Waals surface area contributed by atoms with Crippen LogP contribution >= 0.6 is 22.9 Å². The molecule has 0 atom stereocenters. The minimum Gasteiger partial charge on any atom is -0.293 e. The van der Waals surface area contributed by atoms with Crippen molar-refractivity contribution in [3.05, 3.63) is 87.5 Å². The van der Waals surface area contributed by atoms with Gasteiger partial charge in [0.15, 0.2) is 11.5 Å². The van der Waals surface area contributed by atoms with Crippen molar-refractivity contribution in [3.63, 3.8) is 0 Å². The third-order valence-corrected chi connectivity index (χ3v) is 4.85. The average molecular weight is 338 g/mol. The Morgan fingerprint density at radius 2 is 1.87 bits per heavy atom. The average Bonchev–Trinajstić information content (AvgIpc) is 3.07. The molecule has 23 heavy (non-hydrogen) atoms. The summed E-state index contributed by atoms with van der Waals surface area (Å²) in [5.74, 6) is 0.0879. The smallest absolute Gasteiger partial charge is 0.187 e. The van der Waals surface area contributed by atoms with Crippen molar-refractivity contribution >= 4 is 34.4 Å². The fraction of sp³-hybridized carbons (Fsp3) is 0.0526. The van der Waals surface area contributed by atoms with Gasteiger partial charge in [-0.2, -0.15) is 0 Å². The van der Waals surface area contributed by atoms with Gasteiger partial charge in [-0.3, -0.25) is 4.79 Å². The van der Waals surface area contributed by atoms with Crippen molar-refractivity contribution in [2.75, 3.05) is 0 Å². The molecule has 0 saturated carbocycles. The zero-order chi connectivity index (χ0) is 16.2. The largest absolute Gasteiger partial charge is 0.293 e. The van der Waals surface area contributed by atoms with Gasteiger partial charge in [0.05, 0.1) is 11.4 Å². The number of hydrogen-bond donors (Lipinski definition) is 0. The minimum atomic E-state index is 0.0879. The van der Waals surface area contributed by atoms with Gasteiger partial charge in [-0.15, -0.1) is 11.3 Å². The summed E-state index contributed by atoms with van der Waals surface area (Å²) < 4.78 is 0. The predicted molar refractivity (Wildman–Crippen MR) is 95.5 cm³/mol. The third kappa shape index (κ3) is 3.68. The molecule has 1 aromatic heterocycles. The number of Topliss-reactive ketones (excluding diaryl/α,β-unsaturated/α-hetero) is 1. The van der Waals surface area contributed by atoms with E-state index in [0.717, 1.165) is 20.9 Å². The van der Waals surface area contributed by atoms with Crippen molar-refractivity contribution in [3.8, 4) is 10.4 Å². The molecule has 0 amide bonds. The van der Waals surface area contributed by atoms with E-state index in [4.69, 9.17) is 18.2 Å². The molecule has 112 valence electrons. The molecule has 0 aliphatic rings. The summed E-state index contributed by atoms with van der Waals surface area (Å²) in [6.45, 7) is 7.08. The summed E-state index contributed by atoms with van der Waals surface area (Å²) in [5.41, 5.74) is 2.52. The standard InChI is InChI=1S/C19H12ClNOS/c1-21-16-4-2-3-14(12-16)18-9-10-19(23-18)17(22)11-13-5-7-15(20)8-6-13/h2-10,12H,11H2. The highest BCUT2D eigenvalue weighted by Crippen LogP contribution is 2.31. The summed E-state index contributed by atoms with van der Waals surface area (Å²) in [6, 6.07) is 18.5. The van der Waals surface area contributed by atoms with E-state index in [9.17, 15) is 4.79 Å². The molecule has 0 bridgehead atoms. The lowest BCUT2D eigenvalue weighted by Crippen LogP contribution is -2.00. The minimum absolute atomic E-state index is 0.0879. The van der Waals surface area contributed by atoms with Gasteiger partial charge in [0.2, 0.25) is 0 Å². The molecular weight excluding hydrogens is 326 g/mol. The van der Waals surface area contributed by atoms with Crippen molar-refractivity contribution in [2.24, 2.45) is 0 Å². The van der Waals surface area contributed by atoms with E-state index in [1.54, 1.807) is 18.2 Å². The number of rotatable bonds is 4. The zero-order valence-electron chi connectivity index (χ0n) is 12.1. The molecular formula is C19H12ClNOS. The number of nitrogens with zero attached hydrogens (tertiary/aromatic N) is 1. The molecule has 0 unspecified atom stereocenters. The lowest BCUT2D eigenvalue weighted by atomic mass is 10.1. The number of ketones is 1. The van der Waals surface area contributed by atoms with Gasteiger partial charge in [0.25, 0.3) is 0 Å². The molecule has 4 heteroatoms. The van der Waals surface area contributed by atoms with Crippen molar-refractivity contribution < 1.29 is 4.79 Å². The number of thiophene rings is 1. The Hall–Kier alpha value is -2.41. The van der Waals surface area contributed by atoms with Crippen LogP contribution in [0.15, 0.2) is 60.7 Å². The Morgan fingerprint density at radius 3 is 2.61 bits per heavy atom. The first-order chi connectivity index (χ1) is 11.2. The predicted octanol–water partition coefficient (Wildman–Crippen LogP) is 6.04. The first-order valence-corrected chi connectivity index (χ1v) is 8.20. The molecule has 0 N–H and O–H groups in total. The molecule has 0 aliphatic carbocycles. The van der Waals surface area contributed by atoms with Crippen LogP contribution in [0.1, 0.15) is 15.2 Å². The SMILES string of the molecule is [C-]#[N+]c1cccc(-c2ccc(C(=O)Cc3ccc(Cl)cc3)s2)c1. The van der Waals surface area contributed by atoms with Crippen LogP contribution in [-0.4, -0.2) is 5.78 Å². The van der Waals surface area contributed by atoms with Crippen LogP contribution in [0.2, 0.25) is 5.02 Å². The summed E-state index contributed by atoms with van der Waals surface area (Å²) in [5, 5.41) is 0.666. The molecule has 0 spiro atoms. The first kappa shape index (κ1) is 15.5. The second-order valence-corrected chi connectivity index (χ2v) is 6.57. The maximum atomic E-state index is 12.4. The van der Waals surface area contributed by atoms with E-state index in [0.29, 0.717) is 17.1 Å². The Morgan fingerprint density at radius 1 is 1.09 bits per heavy atom. The van der Waals surface area contributed by atoms with E-state index in [1.807, 2.05) is 42.5 Å². The van der Waals surface area contributed by atoms with Crippen LogP contribution in [0.3, 0.4) is 0 Å². The fourth-order valence-corrected chi connectivity index (χ4v) is 3.31. The van der Waals surface area contributed by atoms with E-state index in [-0.39, 0.29) is 5.78 Å². The number of carbonyl (C=O) groups excluding carboxylic acids is 1. The van der Waals surface area contributed by atoms with Crippen LogP contribution in [0, 0.1) is 6.57 Å². The highest BCUT2D eigenvalue weighted by molar-refractivity contribution is 7.17. The molecule has 0 aliphatic heterocycles. The van der Waals surface area contributed by atoms with Crippen LogP contribution in [0.25, 0.3) is 15.3 Å². The van der Waals surface area contributed by atoms with Gasteiger partial charge < -0.3 is 0 Å². The maximum Gasteiger partial charge on any atom is 0.187 e. The maximum absolute atomic E-state index is 12.4. The lowest BCUT2D eigenvalue weighted by Gasteiger charge is -2.00. The second kappa shape index (κ2) is 6.78. The number of halogens is 1. The first-order valence-electron chi connectivity index (χ1n) is 7.01. The van der Waals surface area contributed by atoms with Gasteiger partial charge in [-0.05, 0) is 41.5 Å². The van der Waals surface area contributed by atoms with Crippen LogP contribution in [-0.2, 0) is 6.42 Å². The van der Waals surface area contributed by atoms with Crippen molar-refractivity contribution in [2.45, 2.75) is 6.42 Å². The van der Waals surface area contributed by atoms with Gasteiger partial charge in [-0.25, -0.2) is 4.85 Å². The van der Waals surface area contributed by atoms with Crippen LogP contribution in [0.5, 0.6) is 0 Å². The molecule has 0 radical (unpaired) electrons. The van der Waals surface area contributed by atoms with Crippen molar-refractivity contribution in [1.29, 1.82) is 0 Å². The lowest BCUT2D eigenvalue weighted by molar-refractivity contribution is 0.0997. The molecule has 3 aromatic rings. The summed E-state index contributed by atoms with van der Waals surface area (Å²) in [7, 11) is 0. The Bertz CT molecular complexity index is 890. The van der Waals surface area contributed by atoms with Crippen LogP contribution in [0.4, 0.5) is 5.69 Å². The summed E-state index contributed by atoms with van der Waals surface area (Å²) >= 11 is 7.31. The molecule has 3 rings (SSSR count). The third-order valence-electron chi connectivity index (χ3n) is 3.42. The molecule has 0 saturated heterocycles. The van der Waals surface area contributed by atoms with E-state index < -0.39 is 0 Å². The highest BCUT2D eigenvalue weighted by Gasteiger charge is 2.11. The topological polar surface area (TPSA) is 21.4 Å². The van der Waals surface area contributed by atoms with Gasteiger partial charge >= 0.3 is 0 Å². The van der Waals surface area contributed by atoms with Gasteiger partial charge in [0.1, 0.15) is 0 Å². The zero-order valence-corrected chi connectivity index (χ0v) is 13.7. The van der Waals surface area contributed by atoms with E-state index in [2.05, 4.69) is 4.85 Å². The second-order valence-electron chi connectivity index (χ2n) is 5.05. The normalized spacial score (nSPS) is 10.3. The number of hydrogen-bond acceptors (Lipinski definition) is 2. The van der Waals surface area contributed by atoms with Gasteiger partial charge in [-0.1, -0.05) is 41.9 Å². The molecule has 1 heterocycles. The monoisotopic (exact) mass is 337 g/mol. The van der Waals surface area contributed by atoms with Gasteiger partial charge in [0, 0.05) is 16.3 Å². The Balaban J connectivity index is 1.79. The van der Waals surface area contributed by atoms with Crippen molar-refractivity contribution in [1.82, 2.24) is 0 Å². The Labute approximate surface area is 143 Å². The van der Waals surface area contributed by atoms with E-state index in [1.165, 1.54) is 11.3 Å². The quantitative estimate of drug-likeness (QED) is 0.419. The van der Waals surface area contributed by atoms with Crippen LogP contribution < -0.4 is 0 Å².